The number of benzene rings is 2. The average molecular weight is 537 g/mol. The number of nitrogens with one attached hydrogen (secondary N) is 1. The van der Waals surface area contributed by atoms with Crippen LogP contribution < -0.4 is 4.74 Å². The van der Waals surface area contributed by atoms with Crippen molar-refractivity contribution in [2.24, 2.45) is 5.41 Å². The van der Waals surface area contributed by atoms with Gasteiger partial charge in [0.15, 0.2) is 0 Å². The molecular formula is C30H37ClN4O3. The second-order valence-electron chi connectivity index (χ2n) is 10.5. The van der Waals surface area contributed by atoms with Crippen molar-refractivity contribution < 1.29 is 14.3 Å². The number of aryl methyl sites for hydroxylation is 2. The molecule has 2 heterocycles. The Balaban J connectivity index is 1.47. The van der Waals surface area contributed by atoms with Gasteiger partial charge in [-0.25, -0.2) is 0 Å². The van der Waals surface area contributed by atoms with Crippen LogP contribution in [0.15, 0.2) is 54.6 Å². The highest BCUT2D eigenvalue weighted by Crippen LogP contribution is 2.36. The number of carbonyl (C=O) groups excluding carboxylic acids is 2. The molecular weight excluding hydrogens is 500 g/mol. The summed E-state index contributed by atoms with van der Waals surface area (Å²) in [5.74, 6) is 0.806. The quantitative estimate of drug-likeness (QED) is 0.379. The van der Waals surface area contributed by atoms with Gasteiger partial charge in [-0.1, -0.05) is 48.0 Å². The van der Waals surface area contributed by atoms with Crippen LogP contribution in [0, 0.1) is 19.3 Å². The minimum absolute atomic E-state index is 0.0440. The number of carbonyl (C=O) groups is 2. The molecule has 2 amide bonds. The summed E-state index contributed by atoms with van der Waals surface area (Å²) in [6.45, 7) is 5.99. The molecule has 0 spiro atoms. The number of amides is 2. The predicted octanol–water partition coefficient (Wildman–Crippen LogP) is 5.35. The van der Waals surface area contributed by atoms with E-state index in [4.69, 9.17) is 16.3 Å². The van der Waals surface area contributed by atoms with Crippen molar-refractivity contribution >= 4 is 23.4 Å². The number of halogens is 1. The molecule has 2 aromatic carbocycles. The van der Waals surface area contributed by atoms with Crippen LogP contribution >= 0.6 is 11.6 Å². The third-order valence-electron chi connectivity index (χ3n) is 7.44. The highest BCUT2D eigenvalue weighted by atomic mass is 35.5. The van der Waals surface area contributed by atoms with E-state index < -0.39 is 5.41 Å². The molecule has 0 aliphatic carbocycles. The molecule has 1 aliphatic heterocycles. The van der Waals surface area contributed by atoms with Crippen molar-refractivity contribution in [3.05, 3.63) is 82.1 Å². The third-order valence-corrected chi connectivity index (χ3v) is 7.67. The van der Waals surface area contributed by atoms with E-state index in [1.807, 2.05) is 68.3 Å². The number of likely N-dealkylation sites (tertiary alicyclic amines) is 1. The first-order valence-corrected chi connectivity index (χ1v) is 13.6. The smallest absolute Gasteiger partial charge is 0.223 e. The van der Waals surface area contributed by atoms with Crippen molar-refractivity contribution in [2.75, 3.05) is 26.7 Å². The van der Waals surface area contributed by atoms with Crippen LogP contribution in [0.3, 0.4) is 0 Å². The fourth-order valence-corrected chi connectivity index (χ4v) is 5.44. The molecule has 0 bridgehead atoms. The van der Waals surface area contributed by atoms with Crippen molar-refractivity contribution in [3.63, 3.8) is 0 Å². The Morgan fingerprint density at radius 1 is 1.16 bits per heavy atom. The lowest BCUT2D eigenvalue weighted by Gasteiger charge is -2.43. The van der Waals surface area contributed by atoms with Crippen LogP contribution in [-0.2, 0) is 22.6 Å². The molecule has 1 aliphatic rings. The van der Waals surface area contributed by atoms with Crippen LogP contribution in [0.2, 0.25) is 5.02 Å². The fourth-order valence-electron chi connectivity index (χ4n) is 5.26. The van der Waals surface area contributed by atoms with Gasteiger partial charge in [-0.3, -0.25) is 14.7 Å². The number of H-pyrrole nitrogens is 1. The van der Waals surface area contributed by atoms with Gasteiger partial charge < -0.3 is 14.5 Å². The maximum atomic E-state index is 13.5. The van der Waals surface area contributed by atoms with Gasteiger partial charge in [0.25, 0.3) is 0 Å². The topological polar surface area (TPSA) is 78.5 Å². The van der Waals surface area contributed by atoms with Gasteiger partial charge >= 0.3 is 0 Å². The van der Waals surface area contributed by atoms with E-state index in [2.05, 4.69) is 10.2 Å². The Labute approximate surface area is 230 Å². The number of ether oxygens (including phenoxy) is 1. The highest BCUT2D eigenvalue weighted by Gasteiger charge is 2.40. The summed E-state index contributed by atoms with van der Waals surface area (Å²) >= 11 is 6.17. The zero-order valence-electron chi connectivity index (χ0n) is 22.5. The van der Waals surface area contributed by atoms with Crippen LogP contribution in [0.5, 0.6) is 5.75 Å². The summed E-state index contributed by atoms with van der Waals surface area (Å²) in [6.07, 6.45) is 3.00. The minimum atomic E-state index is -0.486. The third kappa shape index (κ3) is 7.16. The Morgan fingerprint density at radius 2 is 1.95 bits per heavy atom. The van der Waals surface area contributed by atoms with Gasteiger partial charge in [-0.05, 0) is 62.4 Å². The molecule has 202 valence electrons. The summed E-state index contributed by atoms with van der Waals surface area (Å²) in [4.78, 5) is 30.5. The molecule has 1 fully saturated rings. The number of piperidine rings is 1. The van der Waals surface area contributed by atoms with E-state index in [0.29, 0.717) is 56.3 Å². The number of aromatic amines is 1. The number of aromatic nitrogens is 2. The molecule has 1 saturated heterocycles. The Kier molecular flexibility index (Phi) is 9.10. The van der Waals surface area contributed by atoms with Gasteiger partial charge in [0.05, 0.1) is 12.3 Å². The van der Waals surface area contributed by atoms with Crippen molar-refractivity contribution in [1.82, 2.24) is 20.0 Å². The summed E-state index contributed by atoms with van der Waals surface area (Å²) in [7, 11) is 1.84. The SMILES string of the molecule is Cc1n[nH]c(C)c1CCC(=O)N1CCC[C@](COc2cccc(Cl)c2)(CC(=O)N(C)Cc2ccccc2)C1. The zero-order valence-corrected chi connectivity index (χ0v) is 23.3. The molecule has 8 heteroatoms. The second-order valence-corrected chi connectivity index (χ2v) is 10.9. The monoisotopic (exact) mass is 536 g/mol. The molecule has 0 saturated carbocycles. The van der Waals surface area contributed by atoms with Gasteiger partial charge in [0.2, 0.25) is 11.8 Å². The van der Waals surface area contributed by atoms with Gasteiger partial charge in [-0.15, -0.1) is 0 Å². The lowest BCUT2D eigenvalue weighted by atomic mass is 9.77. The first-order valence-electron chi connectivity index (χ1n) is 13.2. The summed E-state index contributed by atoms with van der Waals surface area (Å²) in [5.41, 5.74) is 3.64. The number of rotatable bonds is 10. The normalized spacial score (nSPS) is 17.3. The summed E-state index contributed by atoms with van der Waals surface area (Å²) < 4.78 is 6.20. The van der Waals surface area contributed by atoms with Gasteiger partial charge in [-0.2, -0.15) is 5.10 Å². The molecule has 4 rings (SSSR count). The molecule has 0 unspecified atom stereocenters. The molecule has 1 N–H and O–H groups in total. The van der Waals surface area contributed by atoms with Crippen molar-refractivity contribution in [2.45, 2.75) is 52.5 Å². The number of nitrogens with zero attached hydrogens (tertiary/aromatic N) is 3. The van der Waals surface area contributed by atoms with Crippen LogP contribution in [0.25, 0.3) is 0 Å². The summed E-state index contributed by atoms with van der Waals surface area (Å²) in [6, 6.07) is 17.3. The van der Waals surface area contributed by atoms with Crippen molar-refractivity contribution in [3.8, 4) is 5.75 Å². The van der Waals surface area contributed by atoms with E-state index in [9.17, 15) is 9.59 Å². The Bertz CT molecular complexity index is 1230. The standard InChI is InChI=1S/C30H37ClN4O3/c1-22-27(23(2)33-32-22)13-14-28(36)35-16-8-15-30(20-35,21-38-26-12-7-11-25(31)17-26)18-29(37)34(3)19-24-9-5-4-6-10-24/h4-7,9-12,17H,8,13-16,18-21H2,1-3H3,(H,32,33)/t30-/m0/s1. The molecule has 3 aromatic rings. The lowest BCUT2D eigenvalue weighted by Crippen LogP contribution is -2.50. The van der Waals surface area contributed by atoms with Crippen LogP contribution in [-0.4, -0.2) is 58.6 Å². The molecule has 7 nitrogen and oxygen atoms in total. The first kappa shape index (κ1) is 27.7. The summed E-state index contributed by atoms with van der Waals surface area (Å²) in [5, 5.41) is 7.84. The zero-order chi connectivity index (χ0) is 27.1. The van der Waals surface area contributed by atoms with Crippen molar-refractivity contribution in [1.29, 1.82) is 0 Å². The molecule has 38 heavy (non-hydrogen) atoms. The van der Waals surface area contributed by atoms with E-state index >= 15 is 0 Å². The maximum absolute atomic E-state index is 13.5. The van der Waals surface area contributed by atoms with E-state index in [1.165, 1.54) is 0 Å². The predicted molar refractivity (Wildman–Crippen MR) is 149 cm³/mol. The van der Waals surface area contributed by atoms with Crippen LogP contribution in [0.1, 0.15) is 48.2 Å². The van der Waals surface area contributed by atoms with E-state index in [0.717, 1.165) is 35.4 Å². The Hall–Kier alpha value is -3.32. The largest absolute Gasteiger partial charge is 0.493 e. The van der Waals surface area contributed by atoms with E-state index in [1.54, 1.807) is 17.0 Å². The van der Waals surface area contributed by atoms with Gasteiger partial charge in [0.1, 0.15) is 5.75 Å². The lowest BCUT2D eigenvalue weighted by molar-refractivity contribution is -0.141. The Morgan fingerprint density at radius 3 is 2.66 bits per heavy atom. The second kappa shape index (κ2) is 12.5. The average Bonchev–Trinajstić information content (AvgIpc) is 3.23. The molecule has 1 atom stereocenters. The minimum Gasteiger partial charge on any atom is -0.493 e. The fraction of sp³-hybridized carbons (Fsp3) is 0.433. The van der Waals surface area contributed by atoms with E-state index in [-0.39, 0.29) is 11.8 Å². The van der Waals surface area contributed by atoms with Gasteiger partial charge in [0, 0.05) is 55.7 Å². The highest BCUT2D eigenvalue weighted by molar-refractivity contribution is 6.30. The number of hydrogen-bond donors (Lipinski definition) is 1. The van der Waals surface area contributed by atoms with Crippen LogP contribution in [0.4, 0.5) is 0 Å². The first-order chi connectivity index (χ1) is 18.2. The maximum Gasteiger partial charge on any atom is 0.223 e. The number of hydrogen-bond acceptors (Lipinski definition) is 4. The molecule has 1 aromatic heterocycles. The molecule has 0 radical (unpaired) electrons.